The van der Waals surface area contributed by atoms with Gasteiger partial charge in [0.2, 0.25) is 0 Å². The number of hydrogen-bond donors (Lipinski definition) is 1. The molecule has 0 aliphatic rings. The molecule has 0 amide bonds. The predicted molar refractivity (Wildman–Crippen MR) is 77.9 cm³/mol. The van der Waals surface area contributed by atoms with Crippen molar-refractivity contribution < 1.29 is 9.90 Å². The molecule has 2 nitrogen and oxygen atoms in total. The van der Waals surface area contributed by atoms with Gasteiger partial charge in [0, 0.05) is 23.9 Å². The topological polar surface area (TPSA) is 37.3 Å². The maximum Gasteiger partial charge on any atom is 0.306 e. The molecular formula is C15H24O2Sn. The third-order valence-corrected chi connectivity index (χ3v) is 2.69. The van der Waals surface area contributed by atoms with Crippen LogP contribution in [0.1, 0.15) is 45.1 Å². The molecule has 1 rings (SSSR count). The Labute approximate surface area is 128 Å². The Hall–Kier alpha value is -0.511. The Bertz CT molecular complexity index is 299. The third-order valence-electron chi connectivity index (χ3n) is 2.69. The van der Waals surface area contributed by atoms with Crippen LogP contribution in [0.4, 0.5) is 0 Å². The van der Waals surface area contributed by atoms with Crippen LogP contribution in [0.3, 0.4) is 0 Å². The van der Waals surface area contributed by atoms with Gasteiger partial charge in [0.05, 0.1) is 5.92 Å². The minimum atomic E-state index is -0.643. The summed E-state index contributed by atoms with van der Waals surface area (Å²) in [5.41, 5.74) is 1.32. The fourth-order valence-corrected chi connectivity index (χ4v) is 1.49. The van der Waals surface area contributed by atoms with Crippen molar-refractivity contribution in [3.05, 3.63) is 35.9 Å². The van der Waals surface area contributed by atoms with Crippen molar-refractivity contribution in [3.8, 4) is 0 Å². The van der Waals surface area contributed by atoms with Gasteiger partial charge in [-0.25, -0.2) is 0 Å². The standard InChI is InChI=1S/C8H16O2.C7H8.Sn/c1-3-5-6-7(4-2)8(9)10;1-7-5-3-2-4-6-7;/h7H,3-6H2,1-2H3,(H,9,10);2-6H,1H3;. The molecule has 0 fully saturated rings. The maximum absolute atomic E-state index is 10.4. The van der Waals surface area contributed by atoms with E-state index in [-0.39, 0.29) is 29.8 Å². The van der Waals surface area contributed by atoms with Crippen molar-refractivity contribution in [1.82, 2.24) is 0 Å². The Morgan fingerprint density at radius 3 is 2.06 bits per heavy atom. The number of benzene rings is 1. The third kappa shape index (κ3) is 10.6. The molecule has 0 saturated carbocycles. The van der Waals surface area contributed by atoms with Gasteiger partial charge in [-0.05, 0) is 19.8 Å². The van der Waals surface area contributed by atoms with Crippen molar-refractivity contribution in [2.45, 2.75) is 46.5 Å². The molecule has 1 N–H and O–H groups in total. The van der Waals surface area contributed by atoms with Gasteiger partial charge < -0.3 is 5.11 Å². The van der Waals surface area contributed by atoms with E-state index >= 15 is 0 Å². The van der Waals surface area contributed by atoms with Gasteiger partial charge in [0.1, 0.15) is 0 Å². The van der Waals surface area contributed by atoms with Crippen LogP contribution < -0.4 is 0 Å². The maximum atomic E-state index is 10.4. The van der Waals surface area contributed by atoms with Crippen LogP contribution in [-0.4, -0.2) is 35.0 Å². The summed E-state index contributed by atoms with van der Waals surface area (Å²) < 4.78 is 0. The van der Waals surface area contributed by atoms with E-state index in [4.69, 9.17) is 5.11 Å². The summed E-state index contributed by atoms with van der Waals surface area (Å²) in [5, 5.41) is 8.60. The summed E-state index contributed by atoms with van der Waals surface area (Å²) in [6, 6.07) is 10.3. The number of aliphatic carboxylic acids is 1. The number of unbranched alkanes of at least 4 members (excludes halogenated alkanes) is 1. The van der Waals surface area contributed by atoms with Crippen molar-refractivity contribution in [3.63, 3.8) is 0 Å². The van der Waals surface area contributed by atoms with E-state index in [1.807, 2.05) is 25.1 Å². The van der Waals surface area contributed by atoms with Gasteiger partial charge >= 0.3 is 5.97 Å². The number of carboxylic acids is 1. The molecule has 1 aromatic rings. The number of hydrogen-bond acceptors (Lipinski definition) is 1. The number of aryl methyl sites for hydroxylation is 1. The molecule has 4 radical (unpaired) electrons. The van der Waals surface area contributed by atoms with E-state index in [0.29, 0.717) is 0 Å². The van der Waals surface area contributed by atoms with Gasteiger partial charge in [-0.1, -0.05) is 62.6 Å². The normalized spacial score (nSPS) is 10.6. The molecule has 3 heteroatoms. The first-order chi connectivity index (χ1) is 8.11. The summed E-state index contributed by atoms with van der Waals surface area (Å²) in [6.45, 7) is 6.09. The summed E-state index contributed by atoms with van der Waals surface area (Å²) in [4.78, 5) is 10.4. The summed E-state index contributed by atoms with van der Waals surface area (Å²) in [6.07, 6.45) is 3.71. The Morgan fingerprint density at radius 1 is 1.22 bits per heavy atom. The van der Waals surface area contributed by atoms with Crippen molar-refractivity contribution in [2.75, 3.05) is 0 Å². The first kappa shape index (κ1) is 19.8. The van der Waals surface area contributed by atoms with E-state index in [1.165, 1.54) is 5.56 Å². The molecule has 0 heterocycles. The fourth-order valence-electron chi connectivity index (χ4n) is 1.49. The van der Waals surface area contributed by atoms with E-state index < -0.39 is 5.97 Å². The predicted octanol–water partition coefficient (Wildman–Crippen LogP) is 3.90. The first-order valence-electron chi connectivity index (χ1n) is 6.36. The molecule has 1 aromatic carbocycles. The van der Waals surface area contributed by atoms with Crippen LogP contribution in [0.25, 0.3) is 0 Å². The summed E-state index contributed by atoms with van der Waals surface area (Å²) >= 11 is 0. The van der Waals surface area contributed by atoms with Gasteiger partial charge in [0.15, 0.2) is 0 Å². The molecule has 0 aliphatic carbocycles. The van der Waals surface area contributed by atoms with Gasteiger partial charge in [-0.3, -0.25) is 4.79 Å². The number of rotatable bonds is 5. The first-order valence-corrected chi connectivity index (χ1v) is 6.36. The average molecular weight is 355 g/mol. The second-order valence-electron chi connectivity index (χ2n) is 4.24. The summed E-state index contributed by atoms with van der Waals surface area (Å²) in [5.74, 6) is -0.754. The molecular weight excluding hydrogens is 331 g/mol. The van der Waals surface area contributed by atoms with Crippen LogP contribution >= 0.6 is 0 Å². The molecule has 0 aliphatic heterocycles. The van der Waals surface area contributed by atoms with Crippen LogP contribution in [0.2, 0.25) is 0 Å². The minimum absolute atomic E-state index is 0. The van der Waals surface area contributed by atoms with E-state index in [9.17, 15) is 4.79 Å². The molecule has 0 spiro atoms. The van der Waals surface area contributed by atoms with Crippen LogP contribution in [0.15, 0.2) is 30.3 Å². The SMILES string of the molecule is CCCCC(CC)C(=O)O.Cc1ccccc1.[Sn]. The van der Waals surface area contributed by atoms with Gasteiger partial charge in [0.25, 0.3) is 0 Å². The van der Waals surface area contributed by atoms with Crippen molar-refractivity contribution in [1.29, 1.82) is 0 Å². The molecule has 0 bridgehead atoms. The number of carbonyl (C=O) groups is 1. The smallest absolute Gasteiger partial charge is 0.306 e. The average Bonchev–Trinajstić information content (AvgIpc) is 2.31. The van der Waals surface area contributed by atoms with Crippen molar-refractivity contribution in [2.24, 2.45) is 5.92 Å². The molecule has 1 unspecified atom stereocenters. The summed E-state index contributed by atoms with van der Waals surface area (Å²) in [7, 11) is 0. The molecule has 100 valence electrons. The zero-order valence-electron chi connectivity index (χ0n) is 11.6. The Balaban J connectivity index is 0. The molecule has 18 heavy (non-hydrogen) atoms. The number of carboxylic acid groups (broad SMARTS) is 1. The molecule has 1 atom stereocenters. The van der Waals surface area contributed by atoms with Crippen LogP contribution in [-0.2, 0) is 4.79 Å². The van der Waals surface area contributed by atoms with Crippen molar-refractivity contribution >= 4 is 29.9 Å². The van der Waals surface area contributed by atoms with E-state index in [2.05, 4.69) is 26.0 Å². The largest absolute Gasteiger partial charge is 0.481 e. The zero-order chi connectivity index (χ0) is 13.1. The molecule has 0 aromatic heterocycles. The van der Waals surface area contributed by atoms with Gasteiger partial charge in [-0.2, -0.15) is 0 Å². The molecule has 0 saturated heterocycles. The van der Waals surface area contributed by atoms with Crippen LogP contribution in [0.5, 0.6) is 0 Å². The quantitative estimate of drug-likeness (QED) is 0.814. The monoisotopic (exact) mass is 356 g/mol. The second kappa shape index (κ2) is 12.9. The van der Waals surface area contributed by atoms with E-state index in [0.717, 1.165) is 25.7 Å². The van der Waals surface area contributed by atoms with Gasteiger partial charge in [-0.15, -0.1) is 0 Å². The Morgan fingerprint density at radius 2 is 1.78 bits per heavy atom. The van der Waals surface area contributed by atoms with E-state index in [1.54, 1.807) is 0 Å². The second-order valence-corrected chi connectivity index (χ2v) is 4.24. The Kier molecular flexibility index (Phi) is 14.2. The van der Waals surface area contributed by atoms with Crippen LogP contribution in [0, 0.1) is 12.8 Å². The minimum Gasteiger partial charge on any atom is -0.481 e. The fraction of sp³-hybridized carbons (Fsp3) is 0.533. The zero-order valence-corrected chi connectivity index (χ0v) is 14.5.